The molecule has 3 amide bonds. The summed E-state index contributed by atoms with van der Waals surface area (Å²) in [6, 6.07) is 1.93. The van der Waals surface area contributed by atoms with E-state index < -0.39 is 5.54 Å². The zero-order valence-corrected chi connectivity index (χ0v) is 21.5. The van der Waals surface area contributed by atoms with E-state index in [0.717, 1.165) is 23.3 Å². The fraction of sp³-hybridized carbons (Fsp3) is 0.600. The number of nitriles is 1. The van der Waals surface area contributed by atoms with Crippen LogP contribution in [0.3, 0.4) is 0 Å². The summed E-state index contributed by atoms with van der Waals surface area (Å²) in [7, 11) is 3.10. The number of fused-ring (bicyclic) bond motifs is 1. The van der Waals surface area contributed by atoms with Crippen molar-refractivity contribution in [1.82, 2.24) is 20.1 Å². The Morgan fingerprint density at radius 2 is 2.19 bits per heavy atom. The van der Waals surface area contributed by atoms with Gasteiger partial charge in [-0.1, -0.05) is 0 Å². The standard InChI is InChI=1S/C25H35N7O4/c1-17-14-31(15-23(34)30(4)10-6-9-26)24(35)25(2)12-21(29-32(17)25)19-8-7-18(13-27-3)11-20(19)28-22(33)16-36-5/h11,17H,3,6-8,10,12-16H2,1-2,4-5H3,(H,28,33)/t17-,25?/m0/s1. The Morgan fingerprint density at radius 1 is 1.44 bits per heavy atom. The van der Waals surface area contributed by atoms with E-state index in [1.165, 1.54) is 12.0 Å². The summed E-state index contributed by atoms with van der Waals surface area (Å²) in [4.78, 5) is 45.6. The molecule has 3 rings (SSSR count). The van der Waals surface area contributed by atoms with E-state index >= 15 is 0 Å². The first-order chi connectivity index (χ1) is 17.1. The molecule has 0 aromatic rings. The number of piperazine rings is 1. The number of nitrogens with zero attached hydrogens (tertiary/aromatic N) is 6. The van der Waals surface area contributed by atoms with Crippen LogP contribution in [-0.4, -0.2) is 103 Å². The van der Waals surface area contributed by atoms with Gasteiger partial charge in [0.25, 0.3) is 5.91 Å². The van der Waals surface area contributed by atoms with Crippen LogP contribution in [0.25, 0.3) is 0 Å². The number of carbonyl (C=O) groups is 3. The average molecular weight is 498 g/mol. The zero-order chi connectivity index (χ0) is 26.5. The summed E-state index contributed by atoms with van der Waals surface area (Å²) in [6.45, 7) is 8.47. The topological polar surface area (TPSA) is 131 Å². The van der Waals surface area contributed by atoms with Crippen LogP contribution in [0.4, 0.5) is 0 Å². The molecule has 0 spiro atoms. The third-order valence-electron chi connectivity index (χ3n) is 6.79. The van der Waals surface area contributed by atoms with Crippen LogP contribution in [0.2, 0.25) is 0 Å². The highest BCUT2D eigenvalue weighted by molar-refractivity contribution is 6.07. The van der Waals surface area contributed by atoms with E-state index in [4.69, 9.17) is 15.1 Å². The van der Waals surface area contributed by atoms with Crippen molar-refractivity contribution in [3.63, 3.8) is 0 Å². The van der Waals surface area contributed by atoms with Crippen LogP contribution in [-0.2, 0) is 19.1 Å². The summed E-state index contributed by atoms with van der Waals surface area (Å²) in [6.07, 6.45) is 3.93. The Bertz CT molecular complexity index is 1060. The highest BCUT2D eigenvalue weighted by Crippen LogP contribution is 2.39. The van der Waals surface area contributed by atoms with Crippen molar-refractivity contribution in [2.24, 2.45) is 10.1 Å². The highest BCUT2D eigenvalue weighted by Gasteiger charge is 2.53. The maximum atomic E-state index is 13.6. The molecule has 1 saturated heterocycles. The van der Waals surface area contributed by atoms with Crippen LogP contribution in [0.5, 0.6) is 0 Å². The number of hydrogen-bond acceptors (Lipinski definition) is 8. The number of rotatable bonds is 10. The van der Waals surface area contributed by atoms with Gasteiger partial charge in [0, 0.05) is 39.4 Å². The normalized spacial score (nSPS) is 23.5. The number of amides is 3. The Balaban J connectivity index is 1.85. The number of likely N-dealkylation sites (N-methyl/N-ethyl adjacent to an activating group) is 1. The van der Waals surface area contributed by atoms with E-state index in [2.05, 4.69) is 17.0 Å². The molecule has 11 heteroatoms. The highest BCUT2D eigenvalue weighted by atomic mass is 16.5. The van der Waals surface area contributed by atoms with Crippen molar-refractivity contribution in [2.75, 3.05) is 46.9 Å². The molecule has 0 radical (unpaired) electrons. The fourth-order valence-electron chi connectivity index (χ4n) is 4.97. The molecule has 194 valence electrons. The maximum absolute atomic E-state index is 13.6. The molecule has 0 aromatic carbocycles. The van der Waals surface area contributed by atoms with Gasteiger partial charge in [-0.25, -0.2) is 0 Å². The average Bonchev–Trinajstić information content (AvgIpc) is 3.20. The first kappa shape index (κ1) is 27.1. The third kappa shape index (κ3) is 5.65. The first-order valence-corrected chi connectivity index (χ1v) is 12.1. The minimum absolute atomic E-state index is 0.0362. The van der Waals surface area contributed by atoms with Crippen LogP contribution in [0.15, 0.2) is 33.0 Å². The Morgan fingerprint density at radius 3 is 2.86 bits per heavy atom. The minimum Gasteiger partial charge on any atom is -0.375 e. The van der Waals surface area contributed by atoms with Crippen LogP contribution in [0.1, 0.15) is 39.5 Å². The number of allylic oxidation sites excluding steroid dienone is 2. The molecular weight excluding hydrogens is 462 g/mol. The molecular formula is C25H35N7O4. The Hall–Kier alpha value is -3.52. The summed E-state index contributed by atoms with van der Waals surface area (Å²) in [5.41, 5.74) is 2.42. The van der Waals surface area contributed by atoms with Gasteiger partial charge in [-0.2, -0.15) is 10.4 Å². The lowest BCUT2D eigenvalue weighted by atomic mass is 9.85. The maximum Gasteiger partial charge on any atom is 0.250 e. The molecule has 1 N–H and O–H groups in total. The van der Waals surface area contributed by atoms with Crippen molar-refractivity contribution >= 4 is 30.2 Å². The van der Waals surface area contributed by atoms with Gasteiger partial charge >= 0.3 is 0 Å². The van der Waals surface area contributed by atoms with Gasteiger partial charge in [0.15, 0.2) is 0 Å². The number of ether oxygens (including phenoxy) is 1. The lowest BCUT2D eigenvalue weighted by Gasteiger charge is -2.46. The van der Waals surface area contributed by atoms with E-state index in [-0.39, 0.29) is 43.3 Å². The number of aliphatic imine (C=N–C) groups is 1. The molecule has 0 saturated carbocycles. The van der Waals surface area contributed by atoms with Crippen molar-refractivity contribution in [2.45, 2.75) is 51.1 Å². The molecule has 3 aliphatic rings. The molecule has 36 heavy (non-hydrogen) atoms. The van der Waals surface area contributed by atoms with Gasteiger partial charge in [0.05, 0.1) is 37.3 Å². The predicted octanol–water partition coefficient (Wildman–Crippen LogP) is 0.847. The van der Waals surface area contributed by atoms with E-state index in [1.54, 1.807) is 11.9 Å². The molecule has 11 nitrogen and oxygen atoms in total. The van der Waals surface area contributed by atoms with Crippen LogP contribution >= 0.6 is 0 Å². The predicted molar refractivity (Wildman–Crippen MR) is 135 cm³/mol. The molecule has 0 aromatic heterocycles. The van der Waals surface area contributed by atoms with Gasteiger partial charge in [-0.15, -0.1) is 0 Å². The van der Waals surface area contributed by atoms with Gasteiger partial charge in [-0.05, 0) is 50.6 Å². The summed E-state index contributed by atoms with van der Waals surface area (Å²) in [5, 5.41) is 18.4. The van der Waals surface area contributed by atoms with E-state index in [0.29, 0.717) is 38.2 Å². The van der Waals surface area contributed by atoms with Gasteiger partial charge in [0.1, 0.15) is 12.1 Å². The number of hydrogen-bond donors (Lipinski definition) is 1. The molecule has 2 aliphatic heterocycles. The smallest absolute Gasteiger partial charge is 0.250 e. The first-order valence-electron chi connectivity index (χ1n) is 12.1. The summed E-state index contributed by atoms with van der Waals surface area (Å²) < 4.78 is 4.96. The van der Waals surface area contributed by atoms with Crippen molar-refractivity contribution in [3.8, 4) is 6.07 Å². The van der Waals surface area contributed by atoms with Crippen molar-refractivity contribution < 1.29 is 19.1 Å². The lowest BCUT2D eigenvalue weighted by molar-refractivity contribution is -0.156. The lowest BCUT2D eigenvalue weighted by Crippen LogP contribution is -2.65. The molecule has 1 fully saturated rings. The third-order valence-corrected chi connectivity index (χ3v) is 6.79. The van der Waals surface area contributed by atoms with Gasteiger partial charge in [0.2, 0.25) is 11.8 Å². The van der Waals surface area contributed by atoms with E-state index in [9.17, 15) is 14.4 Å². The summed E-state index contributed by atoms with van der Waals surface area (Å²) >= 11 is 0. The quantitative estimate of drug-likeness (QED) is 0.445. The van der Waals surface area contributed by atoms with E-state index in [1.807, 2.05) is 31.0 Å². The van der Waals surface area contributed by atoms with Gasteiger partial charge in [-0.3, -0.25) is 24.4 Å². The molecule has 1 aliphatic carbocycles. The fourth-order valence-corrected chi connectivity index (χ4v) is 4.97. The van der Waals surface area contributed by atoms with Crippen LogP contribution in [0, 0.1) is 11.3 Å². The van der Waals surface area contributed by atoms with Gasteiger partial charge < -0.3 is 19.9 Å². The molecule has 2 atom stereocenters. The largest absolute Gasteiger partial charge is 0.375 e. The second kappa shape index (κ2) is 11.5. The molecule has 2 heterocycles. The molecule has 0 bridgehead atoms. The number of nitrogens with one attached hydrogen (secondary N) is 1. The monoisotopic (exact) mass is 497 g/mol. The Labute approximate surface area is 212 Å². The summed E-state index contributed by atoms with van der Waals surface area (Å²) in [5.74, 6) is -0.630. The van der Waals surface area contributed by atoms with Crippen molar-refractivity contribution in [1.29, 1.82) is 5.26 Å². The van der Waals surface area contributed by atoms with Crippen molar-refractivity contribution in [3.05, 3.63) is 22.9 Å². The zero-order valence-electron chi connectivity index (χ0n) is 21.5. The molecule has 1 unspecified atom stereocenters. The number of carbonyl (C=O) groups excluding carboxylic acids is 3. The second-order valence-electron chi connectivity index (χ2n) is 9.66. The van der Waals surface area contributed by atoms with Crippen LogP contribution < -0.4 is 5.32 Å². The SMILES string of the molecule is C=NCC1=CC(NC(=O)COC)=C(C2=NN3[C@@H](C)CN(CC(=O)N(C)CCC#N)C(=O)C3(C)C2)CC1. The minimum atomic E-state index is -0.931. The number of methoxy groups -OCH3 is 1. The number of hydrazone groups is 1. The Kier molecular flexibility index (Phi) is 8.63. The second-order valence-corrected chi connectivity index (χ2v) is 9.66.